The second-order valence-corrected chi connectivity index (χ2v) is 8.98. The number of carbonyl (C=O) groups excluding carboxylic acids is 1. The quantitative estimate of drug-likeness (QED) is 0.563. The number of hydrogen-bond donors (Lipinski definition) is 0. The Morgan fingerprint density at radius 2 is 1.68 bits per heavy atom. The fourth-order valence-electron chi connectivity index (χ4n) is 2.97. The standard InChI is InChI=1S/C20H18N2O4S2/c23-19-18(27-20(21-19)22-12-4-5-13-22)14-15-8-10-16(11-9-15)26-28(24,25)17-6-2-1-3-7-17/h1-3,6-11,14H,4-5,12-13H2/b18-14-. The van der Waals surface area contributed by atoms with Crippen LogP contribution in [0.4, 0.5) is 0 Å². The van der Waals surface area contributed by atoms with Gasteiger partial charge in [-0.15, -0.1) is 0 Å². The largest absolute Gasteiger partial charge is 0.379 e. The van der Waals surface area contributed by atoms with Gasteiger partial charge in [0.15, 0.2) is 5.17 Å². The number of amidine groups is 1. The van der Waals surface area contributed by atoms with E-state index in [0.717, 1.165) is 36.7 Å². The van der Waals surface area contributed by atoms with Crippen molar-refractivity contribution < 1.29 is 17.4 Å². The van der Waals surface area contributed by atoms with Crippen LogP contribution in [-0.4, -0.2) is 37.5 Å². The summed E-state index contributed by atoms with van der Waals surface area (Å²) >= 11 is 1.38. The molecule has 0 radical (unpaired) electrons. The summed E-state index contributed by atoms with van der Waals surface area (Å²) in [7, 11) is -3.87. The minimum absolute atomic E-state index is 0.0979. The van der Waals surface area contributed by atoms with Crippen LogP contribution >= 0.6 is 11.8 Å². The number of likely N-dealkylation sites (tertiary alicyclic amines) is 1. The van der Waals surface area contributed by atoms with Gasteiger partial charge in [-0.05, 0) is 60.5 Å². The molecule has 6 nitrogen and oxygen atoms in total. The molecule has 8 heteroatoms. The van der Waals surface area contributed by atoms with Gasteiger partial charge in [-0.25, -0.2) is 0 Å². The van der Waals surface area contributed by atoms with Gasteiger partial charge in [-0.1, -0.05) is 30.3 Å². The van der Waals surface area contributed by atoms with Crippen molar-refractivity contribution in [2.75, 3.05) is 13.1 Å². The van der Waals surface area contributed by atoms with Crippen LogP contribution in [0.2, 0.25) is 0 Å². The third kappa shape index (κ3) is 4.13. The average molecular weight is 415 g/mol. The summed E-state index contributed by atoms with van der Waals surface area (Å²) < 4.78 is 29.7. The molecule has 0 aromatic heterocycles. The van der Waals surface area contributed by atoms with Crippen LogP contribution in [0.1, 0.15) is 18.4 Å². The summed E-state index contributed by atoms with van der Waals surface area (Å²) in [6.07, 6.45) is 4.01. The fraction of sp³-hybridized carbons (Fsp3) is 0.200. The van der Waals surface area contributed by atoms with E-state index in [1.54, 1.807) is 48.5 Å². The Hall–Kier alpha value is -2.58. The van der Waals surface area contributed by atoms with Crippen molar-refractivity contribution in [1.29, 1.82) is 0 Å². The van der Waals surface area contributed by atoms with Crippen molar-refractivity contribution in [3.05, 3.63) is 65.1 Å². The van der Waals surface area contributed by atoms with Gasteiger partial charge in [-0.2, -0.15) is 13.4 Å². The first kappa shape index (κ1) is 18.8. The molecule has 0 aliphatic carbocycles. The monoisotopic (exact) mass is 414 g/mol. The molecule has 1 fully saturated rings. The molecule has 0 atom stereocenters. The predicted octanol–water partition coefficient (Wildman–Crippen LogP) is 3.52. The average Bonchev–Trinajstić information content (AvgIpc) is 3.34. The first-order valence-corrected chi connectivity index (χ1v) is 11.1. The SMILES string of the molecule is O=C1N=C(N2CCCC2)S/C1=C\c1ccc(OS(=O)(=O)c2ccccc2)cc1. The Morgan fingerprint density at radius 1 is 1.00 bits per heavy atom. The van der Waals surface area contributed by atoms with Crippen molar-refractivity contribution >= 4 is 39.0 Å². The smallest absolute Gasteiger partial charge is 0.339 e. The summed E-state index contributed by atoms with van der Waals surface area (Å²) in [5.41, 5.74) is 0.776. The summed E-state index contributed by atoms with van der Waals surface area (Å²) in [6, 6.07) is 14.5. The van der Waals surface area contributed by atoms with Gasteiger partial charge in [0, 0.05) is 13.1 Å². The normalized spacial score (nSPS) is 18.6. The highest BCUT2D eigenvalue weighted by molar-refractivity contribution is 8.18. The molecular weight excluding hydrogens is 396 g/mol. The lowest BCUT2D eigenvalue weighted by Gasteiger charge is -2.14. The van der Waals surface area contributed by atoms with Gasteiger partial charge >= 0.3 is 10.1 Å². The van der Waals surface area contributed by atoms with Gasteiger partial charge in [0.05, 0.1) is 4.91 Å². The highest BCUT2D eigenvalue weighted by Crippen LogP contribution is 2.32. The van der Waals surface area contributed by atoms with Crippen molar-refractivity contribution in [3.8, 4) is 5.75 Å². The second kappa shape index (κ2) is 7.81. The van der Waals surface area contributed by atoms with Gasteiger partial charge in [0.2, 0.25) is 0 Å². The van der Waals surface area contributed by atoms with Crippen LogP contribution in [0.3, 0.4) is 0 Å². The van der Waals surface area contributed by atoms with Crippen molar-refractivity contribution in [1.82, 2.24) is 4.90 Å². The number of amides is 1. The van der Waals surface area contributed by atoms with Crippen LogP contribution in [0.15, 0.2) is 69.4 Å². The summed E-state index contributed by atoms with van der Waals surface area (Å²) in [5.74, 6) is -0.0238. The Kier molecular flexibility index (Phi) is 5.23. The molecule has 2 aromatic carbocycles. The van der Waals surface area contributed by atoms with Crippen LogP contribution in [-0.2, 0) is 14.9 Å². The molecule has 0 N–H and O–H groups in total. The second-order valence-electron chi connectivity index (χ2n) is 6.42. The molecular formula is C20H18N2O4S2. The zero-order valence-corrected chi connectivity index (χ0v) is 16.6. The highest BCUT2D eigenvalue weighted by atomic mass is 32.2. The van der Waals surface area contributed by atoms with E-state index in [-0.39, 0.29) is 16.6 Å². The lowest BCUT2D eigenvalue weighted by Crippen LogP contribution is -2.23. The van der Waals surface area contributed by atoms with Gasteiger partial charge in [0.25, 0.3) is 5.91 Å². The summed E-state index contributed by atoms with van der Waals surface area (Å²) in [5, 5.41) is 0.766. The topological polar surface area (TPSA) is 76.0 Å². The number of rotatable bonds is 4. The number of carbonyl (C=O) groups is 1. The summed E-state index contributed by atoms with van der Waals surface area (Å²) in [4.78, 5) is 19.1. The Balaban J connectivity index is 1.45. The van der Waals surface area contributed by atoms with Gasteiger partial charge in [0.1, 0.15) is 10.6 Å². The van der Waals surface area contributed by atoms with E-state index in [1.165, 1.54) is 23.9 Å². The zero-order chi connectivity index (χ0) is 19.6. The van der Waals surface area contributed by atoms with Crippen molar-refractivity contribution in [2.24, 2.45) is 4.99 Å². The molecule has 2 aromatic rings. The van der Waals surface area contributed by atoms with Crippen LogP contribution in [0.25, 0.3) is 6.08 Å². The highest BCUT2D eigenvalue weighted by Gasteiger charge is 2.27. The third-order valence-corrected chi connectivity index (χ3v) is 6.71. The van der Waals surface area contributed by atoms with Crippen LogP contribution in [0.5, 0.6) is 5.75 Å². The lowest BCUT2D eigenvalue weighted by molar-refractivity contribution is -0.113. The number of aliphatic imine (C=N–C) groups is 1. The van der Waals surface area contributed by atoms with E-state index in [4.69, 9.17) is 4.18 Å². The maximum absolute atomic E-state index is 12.3. The van der Waals surface area contributed by atoms with Gasteiger partial charge in [-0.3, -0.25) is 4.79 Å². The van der Waals surface area contributed by atoms with Crippen molar-refractivity contribution in [2.45, 2.75) is 17.7 Å². The molecule has 0 saturated carbocycles. The molecule has 0 spiro atoms. The molecule has 1 saturated heterocycles. The van der Waals surface area contributed by atoms with E-state index >= 15 is 0 Å². The third-order valence-electron chi connectivity index (χ3n) is 4.40. The maximum Gasteiger partial charge on any atom is 0.339 e. The van der Waals surface area contributed by atoms with E-state index in [9.17, 15) is 13.2 Å². The number of nitrogens with zero attached hydrogens (tertiary/aromatic N) is 2. The zero-order valence-electron chi connectivity index (χ0n) is 14.9. The molecule has 4 rings (SSSR count). The van der Waals surface area contributed by atoms with Gasteiger partial charge < -0.3 is 9.08 Å². The first-order valence-electron chi connectivity index (χ1n) is 8.88. The molecule has 0 bridgehead atoms. The molecule has 2 aliphatic rings. The molecule has 1 amide bonds. The predicted molar refractivity (Wildman–Crippen MR) is 110 cm³/mol. The maximum atomic E-state index is 12.3. The summed E-state index contributed by atoms with van der Waals surface area (Å²) in [6.45, 7) is 1.88. The molecule has 144 valence electrons. The number of benzene rings is 2. The molecule has 28 heavy (non-hydrogen) atoms. The van der Waals surface area contributed by atoms with Crippen LogP contribution in [0, 0.1) is 0 Å². The van der Waals surface area contributed by atoms with Crippen LogP contribution < -0.4 is 4.18 Å². The Bertz CT molecular complexity index is 1040. The molecule has 2 heterocycles. The van der Waals surface area contributed by atoms with E-state index in [0.29, 0.717) is 4.91 Å². The Labute approximate surface area is 168 Å². The van der Waals surface area contributed by atoms with E-state index < -0.39 is 10.1 Å². The fourth-order valence-corrected chi connectivity index (χ4v) is 4.89. The minimum Gasteiger partial charge on any atom is -0.379 e. The number of hydrogen-bond acceptors (Lipinski definition) is 6. The molecule has 0 unspecified atom stereocenters. The Morgan fingerprint density at radius 3 is 2.36 bits per heavy atom. The van der Waals surface area contributed by atoms with E-state index in [1.807, 2.05) is 0 Å². The van der Waals surface area contributed by atoms with E-state index in [2.05, 4.69) is 9.89 Å². The molecule has 2 aliphatic heterocycles. The lowest BCUT2D eigenvalue weighted by atomic mass is 10.2. The number of thioether (sulfide) groups is 1. The minimum atomic E-state index is -3.87. The first-order chi connectivity index (χ1) is 13.5. The van der Waals surface area contributed by atoms with Crippen molar-refractivity contribution in [3.63, 3.8) is 0 Å².